The summed E-state index contributed by atoms with van der Waals surface area (Å²) in [5.41, 5.74) is 2.38. The fourth-order valence-corrected chi connectivity index (χ4v) is 2.69. The van der Waals surface area contributed by atoms with E-state index in [1.807, 2.05) is 12.1 Å². The van der Waals surface area contributed by atoms with Crippen molar-refractivity contribution < 1.29 is 9.47 Å². The predicted molar refractivity (Wildman–Crippen MR) is 84.3 cm³/mol. The third kappa shape index (κ3) is 2.77. The second-order valence-corrected chi connectivity index (χ2v) is 5.24. The Labute approximate surface area is 128 Å². The Balaban J connectivity index is 1.93. The molecule has 6 nitrogen and oxygen atoms in total. The number of H-pyrrole nitrogens is 1. The summed E-state index contributed by atoms with van der Waals surface area (Å²) >= 11 is 0. The molecule has 6 heteroatoms. The molecule has 0 spiro atoms. The molecule has 0 atom stereocenters. The van der Waals surface area contributed by atoms with Gasteiger partial charge in [0.1, 0.15) is 11.5 Å². The molecule has 1 heterocycles. The van der Waals surface area contributed by atoms with Crippen molar-refractivity contribution in [1.29, 1.82) is 0 Å². The second-order valence-electron chi connectivity index (χ2n) is 5.24. The number of aryl methyl sites for hydroxylation is 1. The number of ether oxygens (including phenoxy) is 2. The number of methoxy groups -OCH3 is 2. The van der Waals surface area contributed by atoms with E-state index in [0.717, 1.165) is 42.6 Å². The largest absolute Gasteiger partial charge is 0.497 e. The van der Waals surface area contributed by atoms with Gasteiger partial charge in [0.15, 0.2) is 0 Å². The van der Waals surface area contributed by atoms with Crippen LogP contribution in [0.2, 0.25) is 0 Å². The zero-order chi connectivity index (χ0) is 15.5. The van der Waals surface area contributed by atoms with Crippen LogP contribution >= 0.6 is 0 Å². The molecule has 0 unspecified atom stereocenters. The van der Waals surface area contributed by atoms with Gasteiger partial charge in [-0.05, 0) is 37.8 Å². The van der Waals surface area contributed by atoms with Crippen LogP contribution < -0.4 is 20.3 Å². The highest BCUT2D eigenvalue weighted by atomic mass is 16.5. The molecule has 1 aliphatic carbocycles. The molecule has 0 saturated heterocycles. The van der Waals surface area contributed by atoms with E-state index < -0.39 is 0 Å². The normalized spacial score (nSPS) is 13.4. The standard InChI is InChI=1S/C16H19N3O3/c1-21-10-7-8-13(14(9-10)22-2)18-16-17-12-6-4-3-5-11(12)15(20)19-16/h7-9H,3-6H2,1-2H3,(H2,17,18,19,20). The summed E-state index contributed by atoms with van der Waals surface area (Å²) in [6.45, 7) is 0. The molecule has 1 aromatic carbocycles. The Morgan fingerprint density at radius 1 is 1.18 bits per heavy atom. The molecule has 3 rings (SSSR count). The van der Waals surface area contributed by atoms with Crippen LogP contribution in [0.5, 0.6) is 11.5 Å². The van der Waals surface area contributed by atoms with Crippen molar-refractivity contribution in [2.75, 3.05) is 19.5 Å². The highest BCUT2D eigenvalue weighted by molar-refractivity contribution is 5.64. The molecule has 0 amide bonds. The molecule has 0 fully saturated rings. The van der Waals surface area contributed by atoms with Gasteiger partial charge in [-0.15, -0.1) is 0 Å². The Morgan fingerprint density at radius 2 is 2.00 bits per heavy atom. The summed E-state index contributed by atoms with van der Waals surface area (Å²) in [5.74, 6) is 1.77. The first kappa shape index (κ1) is 14.4. The minimum atomic E-state index is -0.0559. The Kier molecular flexibility index (Phi) is 4.00. The monoisotopic (exact) mass is 301 g/mol. The molecular weight excluding hydrogens is 282 g/mol. The van der Waals surface area contributed by atoms with Gasteiger partial charge in [-0.3, -0.25) is 9.78 Å². The highest BCUT2D eigenvalue weighted by Gasteiger charge is 2.16. The number of aromatic amines is 1. The van der Waals surface area contributed by atoms with Gasteiger partial charge in [-0.1, -0.05) is 0 Å². The van der Waals surface area contributed by atoms with E-state index in [0.29, 0.717) is 17.4 Å². The maximum atomic E-state index is 12.1. The number of fused-ring (bicyclic) bond motifs is 1. The first-order valence-corrected chi connectivity index (χ1v) is 7.32. The maximum Gasteiger partial charge on any atom is 0.255 e. The van der Waals surface area contributed by atoms with Crippen LogP contribution in [-0.2, 0) is 12.8 Å². The van der Waals surface area contributed by atoms with E-state index in [-0.39, 0.29) is 5.56 Å². The SMILES string of the molecule is COc1ccc(Nc2nc3c(c(=O)[nH]2)CCCC3)c(OC)c1. The molecule has 22 heavy (non-hydrogen) atoms. The predicted octanol–water partition coefficient (Wildman–Crippen LogP) is 2.41. The van der Waals surface area contributed by atoms with Crippen molar-refractivity contribution in [3.05, 3.63) is 39.8 Å². The van der Waals surface area contributed by atoms with Crippen molar-refractivity contribution in [3.8, 4) is 11.5 Å². The van der Waals surface area contributed by atoms with Crippen molar-refractivity contribution >= 4 is 11.6 Å². The number of aromatic nitrogens is 2. The number of anilines is 2. The van der Waals surface area contributed by atoms with E-state index in [9.17, 15) is 4.79 Å². The van der Waals surface area contributed by atoms with Crippen LogP contribution in [-0.4, -0.2) is 24.2 Å². The molecule has 0 radical (unpaired) electrons. The molecule has 116 valence electrons. The quantitative estimate of drug-likeness (QED) is 0.907. The van der Waals surface area contributed by atoms with E-state index in [1.54, 1.807) is 20.3 Å². The van der Waals surface area contributed by atoms with Crippen LogP contribution in [0.3, 0.4) is 0 Å². The number of nitrogens with one attached hydrogen (secondary N) is 2. The molecule has 0 aliphatic heterocycles. The number of rotatable bonds is 4. The topological polar surface area (TPSA) is 76.2 Å². The first-order chi connectivity index (χ1) is 10.7. The third-order valence-corrected chi connectivity index (χ3v) is 3.85. The molecule has 1 aliphatic rings. The summed E-state index contributed by atoms with van der Waals surface area (Å²) in [6, 6.07) is 5.43. The number of nitrogens with zero attached hydrogens (tertiary/aromatic N) is 1. The first-order valence-electron chi connectivity index (χ1n) is 7.32. The van der Waals surface area contributed by atoms with Gasteiger partial charge >= 0.3 is 0 Å². The Bertz CT molecular complexity index is 740. The molecule has 2 aromatic rings. The zero-order valence-corrected chi connectivity index (χ0v) is 12.7. The van der Waals surface area contributed by atoms with Gasteiger partial charge in [0.2, 0.25) is 5.95 Å². The number of hydrogen-bond acceptors (Lipinski definition) is 5. The molecule has 0 bridgehead atoms. The van der Waals surface area contributed by atoms with E-state index >= 15 is 0 Å². The number of hydrogen-bond donors (Lipinski definition) is 2. The van der Waals surface area contributed by atoms with Crippen molar-refractivity contribution in [3.63, 3.8) is 0 Å². The lowest BCUT2D eigenvalue weighted by molar-refractivity contribution is 0.395. The number of benzene rings is 1. The second kappa shape index (κ2) is 6.09. The maximum absolute atomic E-state index is 12.1. The van der Waals surface area contributed by atoms with Crippen LogP contribution in [0, 0.1) is 0 Å². The summed E-state index contributed by atoms with van der Waals surface area (Å²) < 4.78 is 10.5. The smallest absolute Gasteiger partial charge is 0.255 e. The van der Waals surface area contributed by atoms with Gasteiger partial charge in [0.25, 0.3) is 5.56 Å². The summed E-state index contributed by atoms with van der Waals surface area (Å²) in [7, 11) is 3.19. The zero-order valence-electron chi connectivity index (χ0n) is 12.7. The van der Waals surface area contributed by atoms with Crippen LogP contribution in [0.1, 0.15) is 24.1 Å². The average Bonchev–Trinajstić information content (AvgIpc) is 2.55. The van der Waals surface area contributed by atoms with Crippen molar-refractivity contribution in [2.24, 2.45) is 0 Å². The van der Waals surface area contributed by atoms with Crippen LogP contribution in [0.25, 0.3) is 0 Å². The van der Waals surface area contributed by atoms with Gasteiger partial charge in [-0.2, -0.15) is 0 Å². The van der Waals surface area contributed by atoms with E-state index in [1.165, 1.54) is 0 Å². The molecule has 1 aromatic heterocycles. The Hall–Kier alpha value is -2.50. The van der Waals surface area contributed by atoms with E-state index in [2.05, 4.69) is 15.3 Å². The fraction of sp³-hybridized carbons (Fsp3) is 0.375. The van der Waals surface area contributed by atoms with Gasteiger partial charge in [0, 0.05) is 11.6 Å². The van der Waals surface area contributed by atoms with Gasteiger partial charge in [-0.25, -0.2) is 4.98 Å². The van der Waals surface area contributed by atoms with E-state index in [4.69, 9.17) is 9.47 Å². The summed E-state index contributed by atoms with van der Waals surface area (Å²) in [5, 5.41) is 3.12. The fourth-order valence-electron chi connectivity index (χ4n) is 2.69. The summed E-state index contributed by atoms with van der Waals surface area (Å²) in [4.78, 5) is 19.5. The van der Waals surface area contributed by atoms with Crippen molar-refractivity contribution in [1.82, 2.24) is 9.97 Å². The van der Waals surface area contributed by atoms with Gasteiger partial charge in [0.05, 0.1) is 25.6 Å². The van der Waals surface area contributed by atoms with Gasteiger partial charge < -0.3 is 14.8 Å². The molecule has 0 saturated carbocycles. The lowest BCUT2D eigenvalue weighted by Crippen LogP contribution is -2.22. The summed E-state index contributed by atoms with van der Waals surface area (Å²) in [6.07, 6.45) is 3.79. The lowest BCUT2D eigenvalue weighted by Gasteiger charge is -2.16. The van der Waals surface area contributed by atoms with Crippen LogP contribution in [0.4, 0.5) is 11.6 Å². The van der Waals surface area contributed by atoms with Crippen molar-refractivity contribution in [2.45, 2.75) is 25.7 Å². The average molecular weight is 301 g/mol. The highest BCUT2D eigenvalue weighted by Crippen LogP contribution is 2.30. The van der Waals surface area contributed by atoms with Crippen LogP contribution in [0.15, 0.2) is 23.0 Å². The lowest BCUT2D eigenvalue weighted by atomic mass is 9.97. The third-order valence-electron chi connectivity index (χ3n) is 3.85. The molecular formula is C16H19N3O3. The molecule has 2 N–H and O–H groups in total. The minimum absolute atomic E-state index is 0.0559. The Morgan fingerprint density at radius 3 is 2.77 bits per heavy atom. The minimum Gasteiger partial charge on any atom is -0.497 e.